The normalized spacial score (nSPS) is 10.1. The topological polar surface area (TPSA) is 84.0 Å². The minimum atomic E-state index is 0.397. The molecular weight excluding hydrogens is 292 g/mol. The number of methoxy groups -OCH3 is 1. The van der Waals surface area contributed by atoms with E-state index in [0.29, 0.717) is 29.6 Å². The summed E-state index contributed by atoms with van der Waals surface area (Å²) in [6.45, 7) is 0.397. The molecule has 6 heteroatoms. The number of nitrogens with zero attached hydrogens (tertiary/aromatic N) is 3. The molecule has 0 bridgehead atoms. The van der Waals surface area contributed by atoms with Crippen LogP contribution in [-0.2, 0) is 6.54 Å². The molecule has 3 aromatic rings. The highest BCUT2D eigenvalue weighted by Crippen LogP contribution is 2.27. The van der Waals surface area contributed by atoms with E-state index in [4.69, 9.17) is 14.5 Å². The van der Waals surface area contributed by atoms with Crippen molar-refractivity contribution in [2.45, 2.75) is 6.54 Å². The molecule has 0 atom stereocenters. The lowest BCUT2D eigenvalue weighted by atomic mass is 10.2. The summed E-state index contributed by atoms with van der Waals surface area (Å²) in [4.78, 5) is 4.37. The molecule has 3 rings (SSSR count). The number of para-hydroxylation sites is 1. The lowest BCUT2D eigenvalue weighted by Gasteiger charge is -2.03. The SMILES string of the molecule is COc1ccccc1-c1noc(CNc2ccc(C#N)cc2)n1. The van der Waals surface area contributed by atoms with Gasteiger partial charge in [-0.05, 0) is 36.4 Å². The van der Waals surface area contributed by atoms with Crippen LogP contribution in [0.2, 0.25) is 0 Å². The van der Waals surface area contributed by atoms with Crippen LogP contribution < -0.4 is 10.1 Å². The molecule has 1 N–H and O–H groups in total. The van der Waals surface area contributed by atoms with Gasteiger partial charge in [0.05, 0.1) is 30.9 Å². The van der Waals surface area contributed by atoms with Gasteiger partial charge in [0.1, 0.15) is 5.75 Å². The predicted octanol–water partition coefficient (Wildman–Crippen LogP) is 3.23. The van der Waals surface area contributed by atoms with E-state index in [0.717, 1.165) is 11.3 Å². The van der Waals surface area contributed by atoms with Crippen molar-refractivity contribution in [2.75, 3.05) is 12.4 Å². The Labute approximate surface area is 133 Å². The molecule has 0 saturated carbocycles. The Morgan fingerprint density at radius 2 is 1.96 bits per heavy atom. The Balaban J connectivity index is 1.71. The van der Waals surface area contributed by atoms with Gasteiger partial charge in [-0.25, -0.2) is 0 Å². The number of hydrogen-bond donors (Lipinski definition) is 1. The van der Waals surface area contributed by atoms with E-state index in [9.17, 15) is 0 Å². The smallest absolute Gasteiger partial charge is 0.246 e. The van der Waals surface area contributed by atoms with E-state index in [1.807, 2.05) is 36.4 Å². The van der Waals surface area contributed by atoms with Gasteiger partial charge >= 0.3 is 0 Å². The summed E-state index contributed by atoms with van der Waals surface area (Å²) in [6, 6.07) is 16.7. The zero-order chi connectivity index (χ0) is 16.1. The van der Waals surface area contributed by atoms with Crippen molar-refractivity contribution >= 4 is 5.69 Å². The molecule has 0 aliphatic rings. The van der Waals surface area contributed by atoms with Gasteiger partial charge in [0.2, 0.25) is 11.7 Å². The first-order valence-electron chi connectivity index (χ1n) is 7.00. The van der Waals surface area contributed by atoms with Crippen LogP contribution in [0.1, 0.15) is 11.5 Å². The number of nitrogens with one attached hydrogen (secondary N) is 1. The Morgan fingerprint density at radius 3 is 2.70 bits per heavy atom. The summed E-state index contributed by atoms with van der Waals surface area (Å²) in [6.07, 6.45) is 0. The van der Waals surface area contributed by atoms with Gasteiger partial charge < -0.3 is 14.6 Å². The quantitative estimate of drug-likeness (QED) is 0.779. The molecule has 2 aromatic carbocycles. The second-order valence-electron chi connectivity index (χ2n) is 4.75. The van der Waals surface area contributed by atoms with E-state index in [-0.39, 0.29) is 0 Å². The van der Waals surface area contributed by atoms with Crippen LogP contribution in [0.25, 0.3) is 11.4 Å². The van der Waals surface area contributed by atoms with Crippen LogP contribution in [0.5, 0.6) is 5.75 Å². The highest BCUT2D eigenvalue weighted by Gasteiger charge is 2.12. The molecule has 0 aliphatic heterocycles. The zero-order valence-corrected chi connectivity index (χ0v) is 12.5. The molecule has 23 heavy (non-hydrogen) atoms. The number of nitriles is 1. The number of aromatic nitrogens is 2. The van der Waals surface area contributed by atoms with Gasteiger partial charge in [-0.3, -0.25) is 0 Å². The first kappa shape index (κ1) is 14.6. The molecular formula is C17H14N4O2. The highest BCUT2D eigenvalue weighted by atomic mass is 16.5. The predicted molar refractivity (Wildman–Crippen MR) is 84.8 cm³/mol. The van der Waals surface area contributed by atoms with Crippen molar-refractivity contribution in [2.24, 2.45) is 0 Å². The van der Waals surface area contributed by atoms with Gasteiger partial charge in [0, 0.05) is 5.69 Å². The van der Waals surface area contributed by atoms with E-state index in [1.165, 1.54) is 0 Å². The summed E-state index contributed by atoms with van der Waals surface area (Å²) < 4.78 is 10.6. The molecule has 0 aliphatic carbocycles. The van der Waals surface area contributed by atoms with Gasteiger partial charge in [0.15, 0.2) is 0 Å². The Hall–Kier alpha value is -3.33. The average Bonchev–Trinajstić information content (AvgIpc) is 3.09. The van der Waals surface area contributed by atoms with Crippen LogP contribution in [0.4, 0.5) is 5.69 Å². The van der Waals surface area contributed by atoms with Gasteiger partial charge in [-0.1, -0.05) is 17.3 Å². The standard InChI is InChI=1S/C17H14N4O2/c1-22-15-5-3-2-4-14(15)17-20-16(23-21-17)11-19-13-8-6-12(10-18)7-9-13/h2-9,19H,11H2,1H3. The molecule has 1 aromatic heterocycles. The first-order valence-corrected chi connectivity index (χ1v) is 7.00. The molecule has 0 unspecified atom stereocenters. The van der Waals surface area contributed by atoms with E-state index >= 15 is 0 Å². The van der Waals surface area contributed by atoms with E-state index in [2.05, 4.69) is 21.5 Å². The van der Waals surface area contributed by atoms with Crippen LogP contribution in [0.15, 0.2) is 53.1 Å². The molecule has 114 valence electrons. The molecule has 0 amide bonds. The third kappa shape index (κ3) is 3.30. The highest BCUT2D eigenvalue weighted by molar-refractivity contribution is 5.63. The number of hydrogen-bond acceptors (Lipinski definition) is 6. The van der Waals surface area contributed by atoms with Crippen molar-refractivity contribution in [1.82, 2.24) is 10.1 Å². The summed E-state index contributed by atoms with van der Waals surface area (Å²) >= 11 is 0. The van der Waals surface area contributed by atoms with Crippen molar-refractivity contribution < 1.29 is 9.26 Å². The molecule has 0 fully saturated rings. The molecule has 1 heterocycles. The molecule has 0 radical (unpaired) electrons. The monoisotopic (exact) mass is 306 g/mol. The Morgan fingerprint density at radius 1 is 1.17 bits per heavy atom. The average molecular weight is 306 g/mol. The Kier molecular flexibility index (Phi) is 4.20. The zero-order valence-electron chi connectivity index (χ0n) is 12.5. The summed E-state index contributed by atoms with van der Waals surface area (Å²) in [5.74, 6) is 1.65. The maximum atomic E-state index is 8.78. The molecule has 6 nitrogen and oxygen atoms in total. The minimum absolute atomic E-state index is 0.397. The Bertz CT molecular complexity index is 834. The van der Waals surface area contributed by atoms with Crippen molar-refractivity contribution in [3.63, 3.8) is 0 Å². The summed E-state index contributed by atoms with van der Waals surface area (Å²) in [7, 11) is 1.60. The van der Waals surface area contributed by atoms with E-state index in [1.54, 1.807) is 19.2 Å². The maximum absolute atomic E-state index is 8.78. The fourth-order valence-electron chi connectivity index (χ4n) is 2.11. The van der Waals surface area contributed by atoms with Crippen molar-refractivity contribution in [1.29, 1.82) is 5.26 Å². The van der Waals surface area contributed by atoms with Crippen LogP contribution >= 0.6 is 0 Å². The largest absolute Gasteiger partial charge is 0.496 e. The molecule has 0 spiro atoms. The maximum Gasteiger partial charge on any atom is 0.246 e. The number of benzene rings is 2. The third-order valence-electron chi connectivity index (χ3n) is 3.27. The van der Waals surface area contributed by atoms with E-state index < -0.39 is 0 Å². The van der Waals surface area contributed by atoms with Crippen LogP contribution in [0.3, 0.4) is 0 Å². The lowest BCUT2D eigenvalue weighted by Crippen LogP contribution is -1.99. The molecule has 0 saturated heterocycles. The number of ether oxygens (including phenoxy) is 1. The second-order valence-corrected chi connectivity index (χ2v) is 4.75. The van der Waals surface area contributed by atoms with Gasteiger partial charge in [-0.2, -0.15) is 10.2 Å². The van der Waals surface area contributed by atoms with Gasteiger partial charge in [-0.15, -0.1) is 0 Å². The summed E-state index contributed by atoms with van der Waals surface area (Å²) in [5.41, 5.74) is 2.27. The first-order chi connectivity index (χ1) is 11.3. The minimum Gasteiger partial charge on any atom is -0.496 e. The fraction of sp³-hybridized carbons (Fsp3) is 0.118. The van der Waals surface area contributed by atoms with Gasteiger partial charge in [0.25, 0.3) is 0 Å². The van der Waals surface area contributed by atoms with Crippen molar-refractivity contribution in [3.05, 3.63) is 60.0 Å². The van der Waals surface area contributed by atoms with Crippen molar-refractivity contribution in [3.8, 4) is 23.2 Å². The lowest BCUT2D eigenvalue weighted by molar-refractivity contribution is 0.383. The fourth-order valence-corrected chi connectivity index (χ4v) is 2.11. The van der Waals surface area contributed by atoms with Crippen LogP contribution in [0, 0.1) is 11.3 Å². The number of anilines is 1. The summed E-state index contributed by atoms with van der Waals surface area (Å²) in [5, 5.41) is 15.9. The van der Waals surface area contributed by atoms with Crippen LogP contribution in [-0.4, -0.2) is 17.3 Å². The third-order valence-corrected chi connectivity index (χ3v) is 3.27. The second kappa shape index (κ2) is 6.62. The number of rotatable bonds is 5.